The van der Waals surface area contributed by atoms with E-state index < -0.39 is 5.97 Å². The molecule has 0 saturated heterocycles. The van der Waals surface area contributed by atoms with Crippen LogP contribution in [0, 0.1) is 20.8 Å². The molecule has 0 aliphatic rings. The summed E-state index contributed by atoms with van der Waals surface area (Å²) in [7, 11) is 0. The first-order valence-corrected chi connectivity index (χ1v) is 5.74. The Bertz CT molecular complexity index is 418. The summed E-state index contributed by atoms with van der Waals surface area (Å²) in [5.41, 5.74) is 1.85. The zero-order valence-corrected chi connectivity index (χ0v) is 10.8. The molecule has 0 atom stereocenters. The van der Waals surface area contributed by atoms with E-state index in [0.29, 0.717) is 12.4 Å². The van der Waals surface area contributed by atoms with E-state index in [1.807, 2.05) is 27.7 Å². The Morgan fingerprint density at radius 2 is 1.94 bits per heavy atom. The molecule has 0 amide bonds. The van der Waals surface area contributed by atoms with Crippen LogP contribution in [0.5, 0.6) is 0 Å². The third kappa shape index (κ3) is 3.41. The fourth-order valence-corrected chi connectivity index (χ4v) is 1.75. The molecular formula is C12H19N3O2. The van der Waals surface area contributed by atoms with E-state index in [1.54, 1.807) is 4.90 Å². The van der Waals surface area contributed by atoms with E-state index in [4.69, 9.17) is 5.11 Å². The maximum Gasteiger partial charge on any atom is 0.323 e. The minimum absolute atomic E-state index is 0.0232. The standard InChI is InChI=1S/C12H19N3O2/c1-5-6-15(7-11(16)17)12-8(2)9(3)13-10(4)14-12/h5-7H2,1-4H3,(H,16,17). The average molecular weight is 237 g/mol. The minimum Gasteiger partial charge on any atom is -0.480 e. The summed E-state index contributed by atoms with van der Waals surface area (Å²) in [5, 5.41) is 8.92. The first kappa shape index (κ1) is 13.4. The van der Waals surface area contributed by atoms with Gasteiger partial charge in [0.15, 0.2) is 0 Å². The van der Waals surface area contributed by atoms with E-state index in [0.717, 1.165) is 23.5 Å². The number of aromatic nitrogens is 2. The lowest BCUT2D eigenvalue weighted by Gasteiger charge is -2.23. The molecule has 0 aliphatic carbocycles. The Balaban J connectivity index is 3.12. The van der Waals surface area contributed by atoms with Crippen LogP contribution in [0.1, 0.15) is 30.4 Å². The van der Waals surface area contributed by atoms with Gasteiger partial charge in [0.25, 0.3) is 0 Å². The maximum absolute atomic E-state index is 10.9. The number of carboxylic acid groups (broad SMARTS) is 1. The summed E-state index contributed by atoms with van der Waals surface area (Å²) in [6.07, 6.45) is 0.884. The molecule has 0 aromatic carbocycles. The van der Waals surface area contributed by atoms with E-state index in [-0.39, 0.29) is 6.54 Å². The summed E-state index contributed by atoms with van der Waals surface area (Å²) in [4.78, 5) is 21.3. The van der Waals surface area contributed by atoms with Crippen LogP contribution in [0.2, 0.25) is 0 Å². The molecule has 0 saturated carbocycles. The molecule has 1 aromatic heterocycles. The van der Waals surface area contributed by atoms with Gasteiger partial charge in [-0.2, -0.15) is 0 Å². The van der Waals surface area contributed by atoms with Gasteiger partial charge in [0.05, 0.1) is 0 Å². The fourth-order valence-electron chi connectivity index (χ4n) is 1.75. The second-order valence-electron chi connectivity index (χ2n) is 4.12. The van der Waals surface area contributed by atoms with Crippen LogP contribution in [-0.4, -0.2) is 34.1 Å². The van der Waals surface area contributed by atoms with Crippen molar-refractivity contribution in [1.29, 1.82) is 0 Å². The number of hydrogen-bond acceptors (Lipinski definition) is 4. The molecule has 0 radical (unpaired) electrons. The largest absolute Gasteiger partial charge is 0.480 e. The zero-order valence-electron chi connectivity index (χ0n) is 10.8. The number of hydrogen-bond donors (Lipinski definition) is 1. The Morgan fingerprint density at radius 3 is 2.47 bits per heavy atom. The predicted octanol–water partition coefficient (Wildman–Crippen LogP) is 1.70. The Morgan fingerprint density at radius 1 is 1.29 bits per heavy atom. The van der Waals surface area contributed by atoms with Gasteiger partial charge in [0, 0.05) is 17.8 Å². The second-order valence-corrected chi connectivity index (χ2v) is 4.12. The van der Waals surface area contributed by atoms with Crippen molar-refractivity contribution in [3.63, 3.8) is 0 Å². The van der Waals surface area contributed by atoms with Crippen LogP contribution < -0.4 is 4.90 Å². The van der Waals surface area contributed by atoms with Crippen LogP contribution in [0.25, 0.3) is 0 Å². The average Bonchev–Trinajstić information content (AvgIpc) is 2.22. The lowest BCUT2D eigenvalue weighted by Crippen LogP contribution is -2.32. The van der Waals surface area contributed by atoms with Crippen LogP contribution >= 0.6 is 0 Å². The molecule has 0 spiro atoms. The van der Waals surface area contributed by atoms with Gasteiger partial charge in [0.1, 0.15) is 18.2 Å². The highest BCUT2D eigenvalue weighted by atomic mass is 16.4. The van der Waals surface area contributed by atoms with Crippen LogP contribution in [0.3, 0.4) is 0 Å². The highest BCUT2D eigenvalue weighted by Gasteiger charge is 2.15. The Labute approximate surface area is 102 Å². The molecule has 1 heterocycles. The van der Waals surface area contributed by atoms with E-state index >= 15 is 0 Å². The lowest BCUT2D eigenvalue weighted by molar-refractivity contribution is -0.135. The molecule has 94 valence electrons. The summed E-state index contributed by atoms with van der Waals surface area (Å²) in [5.74, 6) is 0.570. The number of anilines is 1. The lowest BCUT2D eigenvalue weighted by atomic mass is 10.2. The topological polar surface area (TPSA) is 66.3 Å². The van der Waals surface area contributed by atoms with Crippen LogP contribution in [0.4, 0.5) is 5.82 Å². The summed E-state index contributed by atoms with van der Waals surface area (Å²) in [6.45, 7) is 8.34. The molecule has 5 nitrogen and oxygen atoms in total. The third-order valence-electron chi connectivity index (χ3n) is 2.59. The molecule has 5 heteroatoms. The van der Waals surface area contributed by atoms with E-state index in [1.165, 1.54) is 0 Å². The van der Waals surface area contributed by atoms with E-state index in [9.17, 15) is 4.79 Å². The minimum atomic E-state index is -0.841. The number of carboxylic acids is 1. The number of aliphatic carboxylic acids is 1. The molecule has 0 fully saturated rings. The molecule has 1 N–H and O–H groups in total. The first-order valence-electron chi connectivity index (χ1n) is 5.74. The third-order valence-corrected chi connectivity index (χ3v) is 2.59. The van der Waals surface area contributed by atoms with Crippen molar-refractivity contribution in [1.82, 2.24) is 9.97 Å². The van der Waals surface area contributed by atoms with Crippen molar-refractivity contribution in [2.24, 2.45) is 0 Å². The van der Waals surface area contributed by atoms with Crippen molar-refractivity contribution < 1.29 is 9.90 Å². The van der Waals surface area contributed by atoms with Crippen molar-refractivity contribution >= 4 is 11.8 Å². The van der Waals surface area contributed by atoms with Crippen molar-refractivity contribution in [2.75, 3.05) is 18.0 Å². The molecule has 0 aliphatic heterocycles. The van der Waals surface area contributed by atoms with Gasteiger partial charge in [-0.05, 0) is 27.2 Å². The highest BCUT2D eigenvalue weighted by molar-refractivity contribution is 5.73. The number of carbonyl (C=O) groups is 1. The molecule has 1 aromatic rings. The van der Waals surface area contributed by atoms with Gasteiger partial charge in [-0.1, -0.05) is 6.92 Å². The second kappa shape index (κ2) is 5.61. The zero-order chi connectivity index (χ0) is 13.0. The fraction of sp³-hybridized carbons (Fsp3) is 0.583. The van der Waals surface area contributed by atoms with Crippen molar-refractivity contribution in [2.45, 2.75) is 34.1 Å². The van der Waals surface area contributed by atoms with Gasteiger partial charge < -0.3 is 10.0 Å². The SMILES string of the molecule is CCCN(CC(=O)O)c1nc(C)nc(C)c1C. The predicted molar refractivity (Wildman–Crippen MR) is 66.4 cm³/mol. The first-order chi connectivity index (χ1) is 7.95. The molecular weight excluding hydrogens is 218 g/mol. The van der Waals surface area contributed by atoms with Crippen LogP contribution in [0.15, 0.2) is 0 Å². The normalized spacial score (nSPS) is 10.4. The smallest absolute Gasteiger partial charge is 0.323 e. The van der Waals surface area contributed by atoms with Gasteiger partial charge in [-0.25, -0.2) is 9.97 Å². The van der Waals surface area contributed by atoms with Gasteiger partial charge in [0.2, 0.25) is 0 Å². The number of aryl methyl sites for hydroxylation is 2. The molecule has 17 heavy (non-hydrogen) atoms. The number of nitrogens with zero attached hydrogens (tertiary/aromatic N) is 3. The van der Waals surface area contributed by atoms with Gasteiger partial charge in [-0.3, -0.25) is 4.79 Å². The highest BCUT2D eigenvalue weighted by Crippen LogP contribution is 2.19. The number of rotatable bonds is 5. The summed E-state index contributed by atoms with van der Waals surface area (Å²) in [6, 6.07) is 0. The van der Waals surface area contributed by atoms with Gasteiger partial charge in [-0.15, -0.1) is 0 Å². The maximum atomic E-state index is 10.9. The monoisotopic (exact) mass is 237 g/mol. The van der Waals surface area contributed by atoms with Crippen molar-refractivity contribution in [3.05, 3.63) is 17.1 Å². The summed E-state index contributed by atoms with van der Waals surface area (Å²) < 4.78 is 0. The Kier molecular flexibility index (Phi) is 4.43. The Hall–Kier alpha value is -1.65. The van der Waals surface area contributed by atoms with Crippen LogP contribution in [-0.2, 0) is 4.79 Å². The van der Waals surface area contributed by atoms with Crippen molar-refractivity contribution in [3.8, 4) is 0 Å². The molecule has 0 bridgehead atoms. The van der Waals surface area contributed by atoms with E-state index in [2.05, 4.69) is 9.97 Å². The summed E-state index contributed by atoms with van der Waals surface area (Å²) >= 11 is 0. The van der Waals surface area contributed by atoms with Gasteiger partial charge >= 0.3 is 5.97 Å². The quantitative estimate of drug-likeness (QED) is 0.844. The molecule has 1 rings (SSSR count). The molecule has 0 unspecified atom stereocenters.